The molecule has 7 N–H and O–H groups in total. The maximum absolute atomic E-state index is 11.1. The molecule has 9 heteroatoms. The summed E-state index contributed by atoms with van der Waals surface area (Å²) in [6, 6.07) is -0.946. The number of carbonyl (C=O) groups excluding carboxylic acids is 1. The summed E-state index contributed by atoms with van der Waals surface area (Å²) in [5.74, 6) is 0. The first-order valence-electron chi connectivity index (χ1n) is 6.91. The van der Waals surface area contributed by atoms with Gasteiger partial charge >= 0.3 is 0 Å². The molecule has 21 heavy (non-hydrogen) atoms. The highest BCUT2D eigenvalue weighted by Crippen LogP contribution is 2.24. The van der Waals surface area contributed by atoms with Gasteiger partial charge in [0, 0.05) is 0 Å². The van der Waals surface area contributed by atoms with Gasteiger partial charge in [-0.25, -0.2) is 0 Å². The second kappa shape index (κ2) is 8.71. The zero-order chi connectivity index (χ0) is 16.0. The molecule has 1 aliphatic heterocycles. The van der Waals surface area contributed by atoms with Gasteiger partial charge in [-0.15, -0.1) is 0 Å². The maximum atomic E-state index is 11.1. The van der Waals surface area contributed by atoms with Crippen LogP contribution in [0.15, 0.2) is 0 Å². The van der Waals surface area contributed by atoms with Gasteiger partial charge in [0.2, 0.25) is 0 Å². The van der Waals surface area contributed by atoms with E-state index in [-0.39, 0.29) is 0 Å². The zero-order valence-electron chi connectivity index (χ0n) is 11.7. The molecule has 0 aliphatic carbocycles. The normalized spacial score (nSPS) is 34.9. The van der Waals surface area contributed by atoms with Crippen LogP contribution in [0.2, 0.25) is 0 Å². The van der Waals surface area contributed by atoms with Crippen molar-refractivity contribution in [2.24, 2.45) is 5.73 Å². The highest BCUT2D eigenvalue weighted by molar-refractivity contribution is 5.57. The lowest BCUT2D eigenvalue weighted by Crippen LogP contribution is -2.64. The first kappa shape index (κ1) is 18.4. The van der Waals surface area contributed by atoms with Crippen LogP contribution in [0.3, 0.4) is 0 Å². The Kier molecular flexibility index (Phi) is 7.63. The lowest BCUT2D eigenvalue weighted by Gasteiger charge is -2.43. The minimum absolute atomic E-state index is 0.298. The molecule has 0 bridgehead atoms. The number of ether oxygens (including phenoxy) is 1. The van der Waals surface area contributed by atoms with Crippen LogP contribution in [0.4, 0.5) is 0 Å². The molecule has 0 aromatic rings. The van der Waals surface area contributed by atoms with Gasteiger partial charge < -0.3 is 40.9 Å². The summed E-state index contributed by atoms with van der Waals surface area (Å²) >= 11 is 0. The fraction of sp³-hybridized carbons (Fsp3) is 0.917. The molecule has 0 aromatic heterocycles. The van der Waals surface area contributed by atoms with Crippen LogP contribution in [-0.4, -0.2) is 86.8 Å². The quantitative estimate of drug-likeness (QED) is 0.158. The van der Waals surface area contributed by atoms with Crippen molar-refractivity contribution >= 4 is 6.29 Å². The van der Waals surface area contributed by atoms with E-state index in [0.717, 1.165) is 0 Å². The smallest absolute Gasteiger partial charge is 0.162 e. The van der Waals surface area contributed by atoms with E-state index in [9.17, 15) is 25.3 Å². The molecule has 1 heterocycles. The summed E-state index contributed by atoms with van der Waals surface area (Å²) in [5, 5.41) is 48.8. The Hall–Kier alpha value is -0.650. The van der Waals surface area contributed by atoms with E-state index < -0.39 is 43.3 Å². The number of hydroxylamine groups is 2. The molecule has 0 amide bonds. The largest absolute Gasteiger partial charge is 0.394 e. The van der Waals surface area contributed by atoms with E-state index in [0.29, 0.717) is 37.2 Å². The molecule has 1 unspecified atom stereocenters. The number of hydrogen-bond acceptors (Lipinski definition) is 9. The average molecular weight is 308 g/mol. The second-order valence-corrected chi connectivity index (χ2v) is 5.09. The molecule has 124 valence electrons. The third-order valence-electron chi connectivity index (χ3n) is 3.58. The molecular formula is C12H24N2O7. The minimum atomic E-state index is -1.62. The molecule has 1 rings (SSSR count). The Morgan fingerprint density at radius 2 is 1.86 bits per heavy atom. The molecule has 1 fully saturated rings. The van der Waals surface area contributed by atoms with E-state index in [2.05, 4.69) is 0 Å². The lowest BCUT2D eigenvalue weighted by atomic mass is 9.97. The van der Waals surface area contributed by atoms with Gasteiger partial charge in [-0.1, -0.05) is 6.42 Å². The van der Waals surface area contributed by atoms with Crippen molar-refractivity contribution in [2.75, 3.05) is 13.2 Å². The maximum Gasteiger partial charge on any atom is 0.162 e. The van der Waals surface area contributed by atoms with E-state index in [4.69, 9.17) is 15.6 Å². The fourth-order valence-electron chi connectivity index (χ4n) is 2.25. The summed E-state index contributed by atoms with van der Waals surface area (Å²) in [7, 11) is 0. The Labute approximate surface area is 122 Å². The summed E-state index contributed by atoms with van der Waals surface area (Å²) in [6.07, 6.45) is -5.24. The molecule has 1 saturated heterocycles. The molecule has 0 aromatic carbocycles. The van der Waals surface area contributed by atoms with E-state index in [1.165, 1.54) is 0 Å². The Morgan fingerprint density at radius 3 is 2.38 bits per heavy atom. The van der Waals surface area contributed by atoms with Gasteiger partial charge in [-0.3, -0.25) is 0 Å². The Morgan fingerprint density at radius 1 is 1.19 bits per heavy atom. The second-order valence-electron chi connectivity index (χ2n) is 5.09. The van der Waals surface area contributed by atoms with Crippen LogP contribution in [0.5, 0.6) is 0 Å². The van der Waals surface area contributed by atoms with Crippen LogP contribution in [0.25, 0.3) is 0 Å². The van der Waals surface area contributed by atoms with Crippen molar-refractivity contribution in [3.63, 3.8) is 0 Å². The number of aldehydes is 1. The lowest BCUT2D eigenvalue weighted by molar-refractivity contribution is -0.327. The number of aliphatic hydroxyl groups excluding tert-OH is 4. The van der Waals surface area contributed by atoms with Crippen LogP contribution >= 0.6 is 0 Å². The van der Waals surface area contributed by atoms with Crippen LogP contribution in [-0.2, 0) is 9.53 Å². The zero-order valence-corrected chi connectivity index (χ0v) is 11.7. The van der Waals surface area contributed by atoms with Crippen molar-refractivity contribution in [1.82, 2.24) is 5.06 Å². The monoisotopic (exact) mass is 308 g/mol. The van der Waals surface area contributed by atoms with E-state index in [1.54, 1.807) is 0 Å². The molecule has 9 nitrogen and oxygen atoms in total. The minimum Gasteiger partial charge on any atom is -0.394 e. The van der Waals surface area contributed by atoms with Crippen molar-refractivity contribution in [3.05, 3.63) is 0 Å². The first-order chi connectivity index (χ1) is 9.97. The van der Waals surface area contributed by atoms with Gasteiger partial charge in [0.15, 0.2) is 6.23 Å². The molecule has 0 radical (unpaired) electrons. The summed E-state index contributed by atoms with van der Waals surface area (Å²) in [6.45, 7) is -0.148. The van der Waals surface area contributed by atoms with Gasteiger partial charge in [-0.05, 0) is 19.4 Å². The van der Waals surface area contributed by atoms with Crippen molar-refractivity contribution in [3.8, 4) is 0 Å². The summed E-state index contributed by atoms with van der Waals surface area (Å²) in [4.78, 5) is 11.1. The van der Waals surface area contributed by atoms with Crippen LogP contribution in [0, 0.1) is 0 Å². The highest BCUT2D eigenvalue weighted by Gasteiger charge is 2.46. The number of nitrogens with zero attached hydrogens (tertiary/aromatic N) is 1. The van der Waals surface area contributed by atoms with Crippen LogP contribution < -0.4 is 5.73 Å². The molecule has 0 spiro atoms. The van der Waals surface area contributed by atoms with Gasteiger partial charge in [0.1, 0.15) is 30.7 Å². The fourth-order valence-corrected chi connectivity index (χ4v) is 2.25. The van der Waals surface area contributed by atoms with Gasteiger partial charge in [0.25, 0.3) is 0 Å². The van der Waals surface area contributed by atoms with Crippen molar-refractivity contribution in [1.29, 1.82) is 0 Å². The third-order valence-corrected chi connectivity index (χ3v) is 3.58. The molecular weight excluding hydrogens is 284 g/mol. The topological polar surface area (TPSA) is 157 Å². The number of nitrogens with two attached hydrogens (primary N) is 1. The predicted octanol–water partition coefficient (Wildman–Crippen LogP) is -2.83. The molecule has 1 aliphatic rings. The van der Waals surface area contributed by atoms with E-state index in [1.807, 2.05) is 0 Å². The number of aliphatic hydroxyl groups is 4. The average Bonchev–Trinajstić information content (AvgIpc) is 2.49. The standard InChI is InChI=1S/C12H24N2O7/c13-4-2-1-3-7(5-15)14(20)12-11(19)10(18)9(17)8(6-16)21-12/h5,7-12,16-20H,1-4,6,13H2/t7-,8+,9-,10-,11+,12?/m0/s1. The number of hydrogen-bond donors (Lipinski definition) is 6. The van der Waals surface area contributed by atoms with Crippen LogP contribution in [0.1, 0.15) is 19.3 Å². The van der Waals surface area contributed by atoms with Gasteiger partial charge in [0.05, 0.1) is 12.6 Å². The molecule has 6 atom stereocenters. The first-order valence-corrected chi connectivity index (χ1v) is 6.91. The number of rotatable bonds is 8. The van der Waals surface area contributed by atoms with E-state index >= 15 is 0 Å². The Bertz CT molecular complexity index is 318. The number of carbonyl (C=O) groups is 1. The van der Waals surface area contributed by atoms with Crippen molar-refractivity contribution in [2.45, 2.75) is 55.9 Å². The third kappa shape index (κ3) is 4.41. The molecule has 0 saturated carbocycles. The highest BCUT2D eigenvalue weighted by atomic mass is 16.6. The van der Waals surface area contributed by atoms with Gasteiger partial charge in [-0.2, -0.15) is 5.06 Å². The van der Waals surface area contributed by atoms with Crippen molar-refractivity contribution < 1.29 is 35.2 Å². The Balaban J connectivity index is 2.73. The summed E-state index contributed by atoms with van der Waals surface area (Å²) in [5.41, 5.74) is 5.35. The SMILES string of the molecule is NCCCC[C@@H](C=O)N(O)C1O[C@H](CO)[C@H](O)[C@H](O)[C@H]1O. The predicted molar refractivity (Wildman–Crippen MR) is 70.2 cm³/mol. The number of unbranched alkanes of at least 4 members (excludes halogenated alkanes) is 1. The summed E-state index contributed by atoms with van der Waals surface area (Å²) < 4.78 is 5.16.